The SMILES string of the molecule is CN1CCN(c2ccc(B3OC(C)(C)C(C)(C)O3)c(C3CC3)c2)CC1. The van der Waals surface area contributed by atoms with Crippen LogP contribution in [0.5, 0.6) is 0 Å². The van der Waals surface area contributed by atoms with Crippen LogP contribution in [-0.2, 0) is 9.31 Å². The van der Waals surface area contributed by atoms with Gasteiger partial charge in [0.05, 0.1) is 11.2 Å². The molecule has 2 heterocycles. The highest BCUT2D eigenvalue weighted by molar-refractivity contribution is 6.62. The lowest BCUT2D eigenvalue weighted by atomic mass is 9.74. The first kappa shape index (κ1) is 17.4. The number of nitrogens with zero attached hydrogens (tertiary/aromatic N) is 2. The van der Waals surface area contributed by atoms with Crippen molar-refractivity contribution in [3.63, 3.8) is 0 Å². The predicted molar refractivity (Wildman–Crippen MR) is 104 cm³/mol. The zero-order valence-corrected chi connectivity index (χ0v) is 16.3. The summed E-state index contributed by atoms with van der Waals surface area (Å²) in [5, 5.41) is 0. The fourth-order valence-corrected chi connectivity index (χ4v) is 3.76. The highest BCUT2D eigenvalue weighted by atomic mass is 16.7. The Kier molecular flexibility index (Phi) is 4.17. The van der Waals surface area contributed by atoms with E-state index in [9.17, 15) is 0 Å². The van der Waals surface area contributed by atoms with Gasteiger partial charge in [0.1, 0.15) is 0 Å². The molecule has 0 radical (unpaired) electrons. The average Bonchev–Trinajstić information content (AvgIpc) is 3.35. The fraction of sp³-hybridized carbons (Fsp3) is 0.700. The standard InChI is InChI=1S/C20H31BN2O2/c1-19(2)20(3,4)25-21(24-19)18-9-8-16(14-17(18)15-6-7-15)23-12-10-22(5)11-13-23/h8-9,14-15H,6-7,10-13H2,1-5H3. The van der Waals surface area contributed by atoms with Crippen molar-refractivity contribution in [3.8, 4) is 0 Å². The molecule has 4 rings (SSSR count). The quantitative estimate of drug-likeness (QED) is 0.789. The van der Waals surface area contributed by atoms with Crippen LogP contribution in [0.4, 0.5) is 5.69 Å². The van der Waals surface area contributed by atoms with Crippen LogP contribution in [0.1, 0.15) is 52.0 Å². The van der Waals surface area contributed by atoms with Crippen LogP contribution in [0, 0.1) is 0 Å². The second kappa shape index (κ2) is 6.00. The molecule has 25 heavy (non-hydrogen) atoms. The number of hydrogen-bond acceptors (Lipinski definition) is 4. The lowest BCUT2D eigenvalue weighted by Gasteiger charge is -2.34. The molecule has 0 amide bonds. The predicted octanol–water partition coefficient (Wildman–Crippen LogP) is 2.62. The van der Waals surface area contributed by atoms with Gasteiger partial charge in [-0.25, -0.2) is 0 Å². The van der Waals surface area contributed by atoms with Crippen LogP contribution in [0.3, 0.4) is 0 Å². The van der Waals surface area contributed by atoms with Crippen LogP contribution >= 0.6 is 0 Å². The van der Waals surface area contributed by atoms with E-state index in [0.717, 1.165) is 26.2 Å². The van der Waals surface area contributed by atoms with Gasteiger partial charge >= 0.3 is 7.12 Å². The molecule has 5 heteroatoms. The van der Waals surface area contributed by atoms with Crippen molar-refractivity contribution in [1.29, 1.82) is 0 Å². The molecular weight excluding hydrogens is 311 g/mol. The maximum absolute atomic E-state index is 6.33. The first-order chi connectivity index (χ1) is 11.8. The van der Waals surface area contributed by atoms with Crippen molar-refractivity contribution in [2.75, 3.05) is 38.1 Å². The number of rotatable bonds is 3. The molecule has 3 fully saturated rings. The molecule has 3 aliphatic rings. The van der Waals surface area contributed by atoms with Gasteiger partial charge in [-0.2, -0.15) is 0 Å². The highest BCUT2D eigenvalue weighted by Gasteiger charge is 2.52. The molecule has 2 saturated heterocycles. The number of piperazine rings is 1. The van der Waals surface area contributed by atoms with Crippen molar-refractivity contribution in [1.82, 2.24) is 4.90 Å². The first-order valence-corrected chi connectivity index (χ1v) is 9.70. The number of likely N-dealkylation sites (N-methyl/N-ethyl adjacent to an activating group) is 1. The van der Waals surface area contributed by atoms with E-state index in [4.69, 9.17) is 9.31 Å². The summed E-state index contributed by atoms with van der Waals surface area (Å²) in [6, 6.07) is 6.92. The second-order valence-electron chi connectivity index (χ2n) is 8.97. The molecule has 0 atom stereocenters. The smallest absolute Gasteiger partial charge is 0.399 e. The van der Waals surface area contributed by atoms with Gasteiger partial charge < -0.3 is 19.1 Å². The molecule has 0 N–H and O–H groups in total. The molecular formula is C20H31BN2O2. The summed E-state index contributed by atoms with van der Waals surface area (Å²) >= 11 is 0. The van der Waals surface area contributed by atoms with E-state index < -0.39 is 0 Å². The minimum Gasteiger partial charge on any atom is -0.399 e. The molecule has 0 aromatic heterocycles. The summed E-state index contributed by atoms with van der Waals surface area (Å²) in [6.07, 6.45) is 2.58. The Labute approximate surface area is 152 Å². The normalized spacial score (nSPS) is 26.3. The van der Waals surface area contributed by atoms with Crippen molar-refractivity contribution in [2.24, 2.45) is 0 Å². The third-order valence-corrected chi connectivity index (χ3v) is 6.46. The van der Waals surface area contributed by atoms with E-state index in [1.807, 2.05) is 0 Å². The zero-order valence-electron chi connectivity index (χ0n) is 16.3. The molecule has 4 nitrogen and oxygen atoms in total. The molecule has 1 saturated carbocycles. The van der Waals surface area contributed by atoms with Gasteiger partial charge in [-0.15, -0.1) is 0 Å². The molecule has 1 aromatic carbocycles. The van der Waals surface area contributed by atoms with Crippen LogP contribution in [0.2, 0.25) is 0 Å². The van der Waals surface area contributed by atoms with Crippen molar-refractivity contribution in [2.45, 2.75) is 57.7 Å². The van der Waals surface area contributed by atoms with Gasteiger partial charge in [-0.1, -0.05) is 6.07 Å². The lowest BCUT2D eigenvalue weighted by Crippen LogP contribution is -2.45. The average molecular weight is 342 g/mol. The molecule has 136 valence electrons. The third kappa shape index (κ3) is 3.22. The summed E-state index contributed by atoms with van der Waals surface area (Å²) in [5.41, 5.74) is 3.47. The highest BCUT2D eigenvalue weighted by Crippen LogP contribution is 2.42. The van der Waals surface area contributed by atoms with Gasteiger partial charge in [0.25, 0.3) is 0 Å². The zero-order chi connectivity index (χ0) is 17.8. The van der Waals surface area contributed by atoms with Crippen LogP contribution < -0.4 is 10.4 Å². The Morgan fingerprint density at radius 2 is 1.56 bits per heavy atom. The van der Waals surface area contributed by atoms with Crippen molar-refractivity contribution < 1.29 is 9.31 Å². The van der Waals surface area contributed by atoms with Crippen LogP contribution in [0.15, 0.2) is 18.2 Å². The van der Waals surface area contributed by atoms with E-state index in [2.05, 4.69) is 62.7 Å². The maximum atomic E-state index is 6.33. The second-order valence-corrected chi connectivity index (χ2v) is 8.97. The maximum Gasteiger partial charge on any atom is 0.495 e. The molecule has 0 spiro atoms. The largest absolute Gasteiger partial charge is 0.495 e. The monoisotopic (exact) mass is 342 g/mol. The van der Waals surface area contributed by atoms with E-state index >= 15 is 0 Å². The molecule has 1 aromatic rings. The number of anilines is 1. The lowest BCUT2D eigenvalue weighted by molar-refractivity contribution is 0.00578. The molecule has 1 aliphatic carbocycles. The summed E-state index contributed by atoms with van der Waals surface area (Å²) < 4.78 is 12.7. The van der Waals surface area contributed by atoms with Gasteiger partial charge in [-0.3, -0.25) is 0 Å². The molecule has 2 aliphatic heterocycles. The Bertz CT molecular complexity index is 633. The van der Waals surface area contributed by atoms with Crippen molar-refractivity contribution in [3.05, 3.63) is 23.8 Å². The van der Waals surface area contributed by atoms with Gasteiger partial charge in [0.2, 0.25) is 0 Å². The minimum absolute atomic E-state index is 0.248. The summed E-state index contributed by atoms with van der Waals surface area (Å²) in [6.45, 7) is 13.0. The number of benzene rings is 1. The van der Waals surface area contributed by atoms with Crippen molar-refractivity contribution >= 4 is 18.3 Å². The Morgan fingerprint density at radius 1 is 0.960 bits per heavy atom. The van der Waals surface area contributed by atoms with E-state index in [-0.39, 0.29) is 18.3 Å². The Balaban J connectivity index is 1.61. The summed E-state index contributed by atoms with van der Waals surface area (Å²) in [5.74, 6) is 0.682. The Hall–Kier alpha value is -1.04. The van der Waals surface area contributed by atoms with Gasteiger partial charge in [-0.05, 0) is 76.7 Å². The Morgan fingerprint density at radius 3 is 2.12 bits per heavy atom. The molecule has 0 bridgehead atoms. The van der Waals surface area contributed by atoms with Crippen LogP contribution in [-0.4, -0.2) is 56.4 Å². The third-order valence-electron chi connectivity index (χ3n) is 6.46. The summed E-state index contributed by atoms with van der Waals surface area (Å²) in [7, 11) is 1.95. The van der Waals surface area contributed by atoms with E-state index in [1.54, 1.807) is 0 Å². The van der Waals surface area contributed by atoms with Gasteiger partial charge in [0, 0.05) is 31.9 Å². The fourth-order valence-electron chi connectivity index (χ4n) is 3.76. The first-order valence-electron chi connectivity index (χ1n) is 9.70. The number of hydrogen-bond donors (Lipinski definition) is 0. The summed E-state index contributed by atoms with van der Waals surface area (Å²) in [4.78, 5) is 4.91. The minimum atomic E-state index is -0.283. The van der Waals surface area contributed by atoms with E-state index in [0.29, 0.717) is 5.92 Å². The van der Waals surface area contributed by atoms with Crippen LogP contribution in [0.25, 0.3) is 0 Å². The van der Waals surface area contributed by atoms with Gasteiger partial charge in [0.15, 0.2) is 0 Å². The van der Waals surface area contributed by atoms with E-state index in [1.165, 1.54) is 29.6 Å². The molecule has 0 unspecified atom stereocenters. The topological polar surface area (TPSA) is 24.9 Å².